The first-order valence-electron chi connectivity index (χ1n) is 5.62. The van der Waals surface area contributed by atoms with E-state index in [1.54, 1.807) is 11.3 Å². The van der Waals surface area contributed by atoms with Crippen molar-refractivity contribution in [3.8, 4) is 11.8 Å². The van der Waals surface area contributed by atoms with Gasteiger partial charge in [-0.1, -0.05) is 47.3 Å². The molecule has 2 rings (SSSR count). The summed E-state index contributed by atoms with van der Waals surface area (Å²) in [6, 6.07) is 1.99. The number of aromatic nitrogens is 1. The van der Waals surface area contributed by atoms with Gasteiger partial charge in [-0.05, 0) is 11.4 Å². The fraction of sp³-hybridized carbons (Fsp3) is 0.231. The van der Waals surface area contributed by atoms with E-state index in [-0.39, 0.29) is 6.54 Å². The van der Waals surface area contributed by atoms with Crippen LogP contribution in [0.5, 0.6) is 0 Å². The summed E-state index contributed by atoms with van der Waals surface area (Å²) in [7, 11) is 1.89. The fourth-order valence-electron chi connectivity index (χ4n) is 1.62. The molecule has 0 aliphatic heterocycles. The van der Waals surface area contributed by atoms with Crippen LogP contribution in [0, 0.1) is 16.5 Å². The summed E-state index contributed by atoms with van der Waals surface area (Å²) >= 11 is 17.8. The maximum absolute atomic E-state index is 11.2. The molecule has 7 heteroatoms. The minimum Gasteiger partial charge on any atom is -0.343 e. The molecule has 0 bridgehead atoms. The molecule has 0 fully saturated rings. The van der Waals surface area contributed by atoms with Crippen molar-refractivity contribution in [2.75, 3.05) is 6.54 Å². The standard InChI is InChI=1S/C13H10Cl2N2OS2/c1-17-7-8(3-2-5-16-12(18)11(14)15)9-4-6-20-10(9)13(17)19/h4,6-7,11H,5H2,1H3,(H,16,18). The second-order valence-electron chi connectivity index (χ2n) is 3.94. The third-order valence-electron chi connectivity index (χ3n) is 2.56. The predicted molar refractivity (Wildman–Crippen MR) is 87.0 cm³/mol. The summed E-state index contributed by atoms with van der Waals surface area (Å²) in [5, 5.41) is 5.54. The van der Waals surface area contributed by atoms with Crippen molar-refractivity contribution in [1.82, 2.24) is 9.88 Å². The summed E-state index contributed by atoms with van der Waals surface area (Å²) in [4.78, 5) is 10.1. The highest BCUT2D eigenvalue weighted by molar-refractivity contribution is 7.71. The number of halogens is 2. The minimum absolute atomic E-state index is 0.194. The Kier molecular flexibility index (Phi) is 5.06. The Morgan fingerprint density at radius 3 is 3.05 bits per heavy atom. The van der Waals surface area contributed by atoms with Crippen molar-refractivity contribution >= 4 is 62.7 Å². The van der Waals surface area contributed by atoms with Gasteiger partial charge >= 0.3 is 0 Å². The van der Waals surface area contributed by atoms with E-state index in [1.165, 1.54) is 0 Å². The van der Waals surface area contributed by atoms with Crippen LogP contribution in [-0.4, -0.2) is 21.9 Å². The van der Waals surface area contributed by atoms with E-state index in [1.807, 2.05) is 29.3 Å². The molecule has 1 amide bonds. The number of nitrogens with zero attached hydrogens (tertiary/aromatic N) is 1. The number of carbonyl (C=O) groups is 1. The lowest BCUT2D eigenvalue weighted by Gasteiger charge is -2.02. The lowest BCUT2D eigenvalue weighted by molar-refractivity contribution is -0.119. The molecular formula is C13H10Cl2N2OS2. The van der Waals surface area contributed by atoms with Crippen molar-refractivity contribution in [1.29, 1.82) is 0 Å². The van der Waals surface area contributed by atoms with Crippen LogP contribution in [0.2, 0.25) is 0 Å². The molecule has 3 nitrogen and oxygen atoms in total. The van der Waals surface area contributed by atoms with Gasteiger partial charge in [0.05, 0.1) is 11.2 Å². The number of pyridine rings is 1. The van der Waals surface area contributed by atoms with Crippen LogP contribution in [0.25, 0.3) is 10.1 Å². The van der Waals surface area contributed by atoms with E-state index in [0.29, 0.717) is 0 Å². The summed E-state index contributed by atoms with van der Waals surface area (Å²) in [6.45, 7) is 0.194. The highest BCUT2D eigenvalue weighted by atomic mass is 35.5. The van der Waals surface area contributed by atoms with Crippen LogP contribution >= 0.6 is 46.8 Å². The average Bonchev–Trinajstić information content (AvgIpc) is 2.89. The van der Waals surface area contributed by atoms with Gasteiger partial charge in [0.15, 0.2) is 4.84 Å². The van der Waals surface area contributed by atoms with E-state index < -0.39 is 10.7 Å². The number of rotatable bonds is 2. The van der Waals surface area contributed by atoms with Gasteiger partial charge < -0.3 is 9.88 Å². The molecule has 0 atom stereocenters. The van der Waals surface area contributed by atoms with E-state index in [0.717, 1.165) is 20.3 Å². The molecule has 0 saturated carbocycles. The van der Waals surface area contributed by atoms with Crippen LogP contribution < -0.4 is 5.32 Å². The number of fused-ring (bicyclic) bond motifs is 1. The normalized spacial score (nSPS) is 10.4. The SMILES string of the molecule is Cn1cc(C#CCNC(=O)C(Cl)Cl)c2ccsc2c1=S. The van der Waals surface area contributed by atoms with Crippen molar-refractivity contribution in [2.24, 2.45) is 7.05 Å². The molecule has 2 aromatic rings. The molecule has 0 aromatic carbocycles. The Labute approximate surface area is 135 Å². The van der Waals surface area contributed by atoms with Gasteiger partial charge in [-0.3, -0.25) is 4.79 Å². The highest BCUT2D eigenvalue weighted by Crippen LogP contribution is 2.24. The van der Waals surface area contributed by atoms with Crippen LogP contribution in [-0.2, 0) is 11.8 Å². The molecule has 2 aromatic heterocycles. The number of hydrogen-bond acceptors (Lipinski definition) is 3. The first-order valence-corrected chi connectivity index (χ1v) is 7.78. The largest absolute Gasteiger partial charge is 0.343 e. The lowest BCUT2D eigenvalue weighted by atomic mass is 10.2. The minimum atomic E-state index is -1.07. The maximum atomic E-state index is 11.2. The Balaban J connectivity index is 2.23. The smallest absolute Gasteiger partial charge is 0.254 e. The van der Waals surface area contributed by atoms with E-state index in [2.05, 4.69) is 17.2 Å². The van der Waals surface area contributed by atoms with Crippen molar-refractivity contribution in [3.63, 3.8) is 0 Å². The van der Waals surface area contributed by atoms with Gasteiger partial charge in [-0.2, -0.15) is 0 Å². The quantitative estimate of drug-likeness (QED) is 0.515. The monoisotopic (exact) mass is 344 g/mol. The second kappa shape index (κ2) is 6.59. The molecule has 2 heterocycles. The first kappa shape index (κ1) is 15.3. The van der Waals surface area contributed by atoms with Gasteiger partial charge in [0.1, 0.15) is 4.64 Å². The van der Waals surface area contributed by atoms with E-state index in [9.17, 15) is 4.79 Å². The number of alkyl halides is 2. The van der Waals surface area contributed by atoms with Crippen LogP contribution in [0.1, 0.15) is 5.56 Å². The molecule has 20 heavy (non-hydrogen) atoms. The van der Waals surface area contributed by atoms with Crippen LogP contribution in [0.4, 0.5) is 0 Å². The topological polar surface area (TPSA) is 34.0 Å². The fourth-order valence-corrected chi connectivity index (χ4v) is 2.97. The van der Waals surface area contributed by atoms with Gasteiger partial charge in [-0.25, -0.2) is 0 Å². The number of hydrogen-bond donors (Lipinski definition) is 1. The maximum Gasteiger partial charge on any atom is 0.254 e. The van der Waals surface area contributed by atoms with Crippen LogP contribution in [0.3, 0.4) is 0 Å². The third-order valence-corrected chi connectivity index (χ3v) is 4.50. The Morgan fingerprint density at radius 1 is 1.60 bits per heavy atom. The summed E-state index contributed by atoms with van der Waals surface area (Å²) in [5.41, 5.74) is 0.875. The van der Waals surface area contributed by atoms with E-state index in [4.69, 9.17) is 35.4 Å². The van der Waals surface area contributed by atoms with E-state index >= 15 is 0 Å². The molecule has 0 radical (unpaired) electrons. The number of carbonyl (C=O) groups excluding carboxylic acids is 1. The Bertz CT molecular complexity index is 768. The molecule has 0 spiro atoms. The Hall–Kier alpha value is -1.06. The average molecular weight is 345 g/mol. The summed E-state index contributed by atoms with van der Waals surface area (Å²) in [5.74, 6) is 5.45. The number of nitrogens with one attached hydrogen (secondary N) is 1. The second-order valence-corrected chi connectivity index (χ2v) is 6.34. The van der Waals surface area contributed by atoms with Gasteiger partial charge in [0.25, 0.3) is 5.91 Å². The summed E-state index contributed by atoms with van der Waals surface area (Å²) < 4.78 is 3.70. The van der Waals surface area contributed by atoms with Crippen molar-refractivity contribution in [2.45, 2.75) is 4.84 Å². The molecule has 0 aliphatic rings. The molecule has 1 N–H and O–H groups in total. The van der Waals surface area contributed by atoms with Gasteiger partial charge in [0.2, 0.25) is 0 Å². The number of aryl methyl sites for hydroxylation is 1. The van der Waals surface area contributed by atoms with Gasteiger partial charge in [0, 0.05) is 24.2 Å². The molecule has 104 valence electrons. The lowest BCUT2D eigenvalue weighted by Crippen LogP contribution is -2.28. The summed E-state index contributed by atoms with van der Waals surface area (Å²) in [6.07, 6.45) is 1.89. The zero-order chi connectivity index (χ0) is 14.7. The third kappa shape index (κ3) is 3.33. The molecule has 0 aliphatic carbocycles. The molecule has 0 unspecified atom stereocenters. The number of thiophene rings is 1. The zero-order valence-corrected chi connectivity index (χ0v) is 13.6. The van der Waals surface area contributed by atoms with Crippen LogP contribution in [0.15, 0.2) is 17.6 Å². The first-order chi connectivity index (χ1) is 9.50. The predicted octanol–water partition coefficient (Wildman–Crippen LogP) is 3.24. The Morgan fingerprint density at radius 2 is 2.35 bits per heavy atom. The zero-order valence-electron chi connectivity index (χ0n) is 10.4. The van der Waals surface area contributed by atoms with Gasteiger partial charge in [-0.15, -0.1) is 11.3 Å². The molecule has 0 saturated heterocycles. The number of amides is 1. The highest BCUT2D eigenvalue weighted by Gasteiger charge is 2.09. The van der Waals surface area contributed by atoms with Crippen molar-refractivity contribution < 1.29 is 4.79 Å². The van der Waals surface area contributed by atoms with Crippen molar-refractivity contribution in [3.05, 3.63) is 27.8 Å². The molecular weight excluding hydrogens is 335 g/mol.